The topological polar surface area (TPSA) is 41.4 Å². The first-order valence-corrected chi connectivity index (χ1v) is 14.6. The van der Waals surface area contributed by atoms with Crippen LogP contribution in [0.3, 0.4) is 0 Å². The number of carbonyl (C=O) groups excluding carboxylic acids is 1. The molecule has 3 aromatic rings. The van der Waals surface area contributed by atoms with Gasteiger partial charge in [-0.25, -0.2) is 4.98 Å². The van der Waals surface area contributed by atoms with Crippen molar-refractivity contribution >= 4 is 16.9 Å². The summed E-state index contributed by atoms with van der Waals surface area (Å²) in [7, 11) is 0. The van der Waals surface area contributed by atoms with Gasteiger partial charge < -0.3 is 9.47 Å². The predicted molar refractivity (Wildman–Crippen MR) is 150 cm³/mol. The van der Waals surface area contributed by atoms with Crippen LogP contribution in [0.15, 0.2) is 54.6 Å². The highest BCUT2D eigenvalue weighted by Crippen LogP contribution is 2.45. The highest BCUT2D eigenvalue weighted by molar-refractivity contribution is 5.76. The van der Waals surface area contributed by atoms with Crippen molar-refractivity contribution in [1.29, 1.82) is 0 Å². The van der Waals surface area contributed by atoms with Gasteiger partial charge in [-0.05, 0) is 87.9 Å². The highest BCUT2D eigenvalue weighted by Gasteiger charge is 2.44. The first-order valence-electron chi connectivity index (χ1n) is 14.6. The molecule has 4 heterocycles. The quantitative estimate of drug-likeness (QED) is 0.386. The number of aromatic nitrogens is 2. The van der Waals surface area contributed by atoms with Gasteiger partial charge >= 0.3 is 0 Å². The summed E-state index contributed by atoms with van der Waals surface area (Å²) < 4.78 is 2.53. The molecular formula is C32H42N4O. The molecule has 6 rings (SSSR count). The molecule has 1 aromatic heterocycles. The van der Waals surface area contributed by atoms with Crippen LogP contribution in [-0.4, -0.2) is 57.0 Å². The number of aryl methyl sites for hydroxylation is 1. The van der Waals surface area contributed by atoms with Crippen LogP contribution in [0.2, 0.25) is 0 Å². The standard InChI is InChI=1S/C32H42N4O/c1-3-9-31(37)34-19-16-32(17-20-34,25-10-5-4-6-11-25)18-21-35-26-14-15-27(35)23-28(22-26)36-24(2)33-29-12-7-8-13-30(29)36/h4-8,10-13,26-28H,3,9,14-23H2,1-2H3/t26-,27+,28+. The minimum Gasteiger partial charge on any atom is -0.343 e. The molecule has 37 heavy (non-hydrogen) atoms. The molecule has 196 valence electrons. The van der Waals surface area contributed by atoms with Gasteiger partial charge in [-0.1, -0.05) is 49.4 Å². The first kappa shape index (κ1) is 24.7. The van der Waals surface area contributed by atoms with E-state index in [1.807, 2.05) is 0 Å². The number of fused-ring (bicyclic) bond motifs is 3. The Hall–Kier alpha value is -2.66. The number of piperidine rings is 2. The molecule has 5 nitrogen and oxygen atoms in total. The molecule has 3 fully saturated rings. The zero-order valence-corrected chi connectivity index (χ0v) is 22.6. The average molecular weight is 499 g/mol. The third-order valence-corrected chi connectivity index (χ3v) is 9.77. The van der Waals surface area contributed by atoms with Gasteiger partial charge in [0.1, 0.15) is 5.82 Å². The van der Waals surface area contributed by atoms with Crippen LogP contribution in [0.25, 0.3) is 11.0 Å². The van der Waals surface area contributed by atoms with E-state index in [9.17, 15) is 4.79 Å². The van der Waals surface area contributed by atoms with Crippen LogP contribution >= 0.6 is 0 Å². The lowest BCUT2D eigenvalue weighted by Gasteiger charge is -2.45. The number of imidazole rings is 1. The van der Waals surface area contributed by atoms with Crippen LogP contribution in [0.4, 0.5) is 0 Å². The molecule has 0 spiro atoms. The summed E-state index contributed by atoms with van der Waals surface area (Å²) in [6.07, 6.45) is 10.1. The smallest absolute Gasteiger partial charge is 0.222 e. The van der Waals surface area contributed by atoms with Gasteiger partial charge in [0.15, 0.2) is 0 Å². The molecule has 0 N–H and O–H groups in total. The number of likely N-dealkylation sites (tertiary alicyclic amines) is 1. The molecule has 3 aliphatic heterocycles. The van der Waals surface area contributed by atoms with Crippen molar-refractivity contribution in [2.45, 2.75) is 95.2 Å². The highest BCUT2D eigenvalue weighted by atomic mass is 16.2. The Morgan fingerprint density at radius 1 is 0.946 bits per heavy atom. The number of amides is 1. The van der Waals surface area contributed by atoms with Crippen LogP contribution in [0.1, 0.15) is 82.1 Å². The largest absolute Gasteiger partial charge is 0.343 e. The lowest BCUT2D eigenvalue weighted by atomic mass is 9.70. The average Bonchev–Trinajstić information content (AvgIpc) is 3.39. The summed E-state index contributed by atoms with van der Waals surface area (Å²) in [5.74, 6) is 1.50. The van der Waals surface area contributed by atoms with Gasteiger partial charge in [0.05, 0.1) is 11.0 Å². The van der Waals surface area contributed by atoms with Crippen molar-refractivity contribution < 1.29 is 4.79 Å². The maximum Gasteiger partial charge on any atom is 0.222 e. The summed E-state index contributed by atoms with van der Waals surface area (Å²) in [4.78, 5) is 22.4. The van der Waals surface area contributed by atoms with Gasteiger partial charge in [0.2, 0.25) is 5.91 Å². The normalized spacial score (nSPS) is 25.6. The van der Waals surface area contributed by atoms with Crippen molar-refractivity contribution in [1.82, 2.24) is 19.4 Å². The van der Waals surface area contributed by atoms with Gasteiger partial charge in [0.25, 0.3) is 0 Å². The van der Waals surface area contributed by atoms with E-state index in [1.165, 1.54) is 49.7 Å². The lowest BCUT2D eigenvalue weighted by Crippen LogP contribution is -2.49. The number of benzene rings is 2. The van der Waals surface area contributed by atoms with Crippen LogP contribution in [0, 0.1) is 6.92 Å². The molecule has 3 saturated heterocycles. The number of hydrogen-bond donors (Lipinski definition) is 0. The molecule has 0 unspecified atom stereocenters. The number of hydrogen-bond acceptors (Lipinski definition) is 3. The third kappa shape index (κ3) is 4.60. The minimum atomic E-state index is 0.178. The van der Waals surface area contributed by atoms with Crippen LogP contribution in [-0.2, 0) is 10.2 Å². The molecule has 2 aromatic carbocycles. The lowest BCUT2D eigenvalue weighted by molar-refractivity contribution is -0.132. The predicted octanol–water partition coefficient (Wildman–Crippen LogP) is 6.26. The second-order valence-electron chi connectivity index (χ2n) is 11.8. The summed E-state index contributed by atoms with van der Waals surface area (Å²) >= 11 is 0. The molecule has 3 aliphatic rings. The van der Waals surface area contributed by atoms with Crippen molar-refractivity contribution in [3.8, 4) is 0 Å². The first-order chi connectivity index (χ1) is 18.1. The number of nitrogens with zero attached hydrogens (tertiary/aromatic N) is 4. The van der Waals surface area contributed by atoms with Gasteiger partial charge in [-0.3, -0.25) is 9.69 Å². The van der Waals surface area contributed by atoms with Gasteiger partial charge in [0, 0.05) is 37.6 Å². The van der Waals surface area contributed by atoms with Crippen LogP contribution in [0.5, 0.6) is 0 Å². The molecule has 2 bridgehead atoms. The fourth-order valence-electron chi connectivity index (χ4n) is 7.82. The maximum absolute atomic E-state index is 12.6. The molecular weight excluding hydrogens is 456 g/mol. The Morgan fingerprint density at radius 2 is 1.62 bits per heavy atom. The van der Waals surface area contributed by atoms with Crippen molar-refractivity contribution in [3.05, 3.63) is 66.0 Å². The zero-order valence-electron chi connectivity index (χ0n) is 22.6. The Morgan fingerprint density at radius 3 is 2.32 bits per heavy atom. The van der Waals surface area contributed by atoms with Crippen LogP contribution < -0.4 is 0 Å². The second-order valence-corrected chi connectivity index (χ2v) is 11.8. The Kier molecular flexibility index (Phi) is 6.83. The number of para-hydroxylation sites is 2. The van der Waals surface area contributed by atoms with Gasteiger partial charge in [-0.15, -0.1) is 0 Å². The van der Waals surface area contributed by atoms with Crippen molar-refractivity contribution in [3.63, 3.8) is 0 Å². The molecule has 5 heteroatoms. The molecule has 0 saturated carbocycles. The summed E-state index contributed by atoms with van der Waals surface area (Å²) in [5.41, 5.74) is 4.08. The fourth-order valence-corrected chi connectivity index (χ4v) is 7.82. The SMILES string of the molecule is CCCC(=O)N1CCC(CCN2[C@@H]3CC[C@H]2C[C@@H](n2c(C)nc4ccccc42)C3)(c2ccccc2)CC1. The molecule has 0 radical (unpaired) electrons. The zero-order chi connectivity index (χ0) is 25.4. The Bertz CT molecular complexity index is 1210. The molecule has 1 amide bonds. The molecule has 3 atom stereocenters. The summed E-state index contributed by atoms with van der Waals surface area (Å²) in [6.45, 7) is 7.24. The van der Waals surface area contributed by atoms with Crippen molar-refractivity contribution in [2.24, 2.45) is 0 Å². The Labute approximate surface area is 221 Å². The maximum atomic E-state index is 12.6. The van der Waals surface area contributed by atoms with E-state index in [1.54, 1.807) is 0 Å². The number of rotatable bonds is 7. The van der Waals surface area contributed by atoms with E-state index >= 15 is 0 Å². The monoisotopic (exact) mass is 498 g/mol. The second kappa shape index (κ2) is 10.2. The minimum absolute atomic E-state index is 0.178. The summed E-state index contributed by atoms with van der Waals surface area (Å²) in [6, 6.07) is 21.7. The van der Waals surface area contributed by atoms with E-state index in [-0.39, 0.29) is 5.41 Å². The van der Waals surface area contributed by atoms with E-state index in [0.717, 1.165) is 43.7 Å². The van der Waals surface area contributed by atoms with E-state index in [0.29, 0.717) is 30.5 Å². The van der Waals surface area contributed by atoms with E-state index < -0.39 is 0 Å². The third-order valence-electron chi connectivity index (χ3n) is 9.77. The van der Waals surface area contributed by atoms with Crippen molar-refractivity contribution in [2.75, 3.05) is 19.6 Å². The van der Waals surface area contributed by atoms with E-state index in [4.69, 9.17) is 4.98 Å². The summed E-state index contributed by atoms with van der Waals surface area (Å²) in [5, 5.41) is 0. The Balaban J connectivity index is 1.17. The van der Waals surface area contributed by atoms with E-state index in [2.05, 4.69) is 82.8 Å². The molecule has 0 aliphatic carbocycles. The van der Waals surface area contributed by atoms with Gasteiger partial charge in [-0.2, -0.15) is 0 Å². The fraction of sp³-hybridized carbons (Fsp3) is 0.562. The number of carbonyl (C=O) groups is 1.